The zero-order chi connectivity index (χ0) is 31.1. The number of aromatic nitrogens is 2. The van der Waals surface area contributed by atoms with Crippen molar-refractivity contribution in [3.8, 4) is 11.3 Å². The number of halogens is 2. The van der Waals surface area contributed by atoms with Crippen LogP contribution in [0.5, 0.6) is 0 Å². The molecule has 3 heterocycles. The van der Waals surface area contributed by atoms with Gasteiger partial charge in [0.25, 0.3) is 5.92 Å². The van der Waals surface area contributed by atoms with E-state index in [9.17, 15) is 18.7 Å². The van der Waals surface area contributed by atoms with Crippen LogP contribution in [0.2, 0.25) is 0 Å². The third-order valence-electron chi connectivity index (χ3n) is 6.71. The van der Waals surface area contributed by atoms with Gasteiger partial charge >= 0.3 is 0 Å². The smallest absolute Gasteiger partial charge is 0.260 e. The second-order valence-corrected chi connectivity index (χ2v) is 12.1. The summed E-state index contributed by atoms with van der Waals surface area (Å²) in [6.45, 7) is 16.1. The highest BCUT2D eigenvalue weighted by Crippen LogP contribution is 2.36. The summed E-state index contributed by atoms with van der Waals surface area (Å²) in [6, 6.07) is 7.97. The molecule has 1 aromatic carbocycles. The molecule has 1 fully saturated rings. The van der Waals surface area contributed by atoms with Crippen LogP contribution in [0.4, 0.5) is 8.78 Å². The molecule has 0 aliphatic carbocycles. The normalized spacial score (nSPS) is 15.9. The van der Waals surface area contributed by atoms with Crippen molar-refractivity contribution in [3.05, 3.63) is 64.9 Å². The Balaban J connectivity index is 0.000000730. The molecule has 1 aliphatic rings. The number of thiazole rings is 1. The largest absolute Gasteiger partial charge is 0.384 e. The molecule has 1 amide bonds. The van der Waals surface area contributed by atoms with Gasteiger partial charge in [-0.2, -0.15) is 0 Å². The number of allylic oxidation sites excluding steroid dienone is 2. The van der Waals surface area contributed by atoms with Gasteiger partial charge in [0.1, 0.15) is 5.60 Å². The molecule has 226 valence electrons. The molecule has 2 N–H and O–H groups in total. The first kappa shape index (κ1) is 33.2. The maximum absolute atomic E-state index is 13.9. The summed E-state index contributed by atoms with van der Waals surface area (Å²) in [5.74, 6) is -2.59. The van der Waals surface area contributed by atoms with Crippen molar-refractivity contribution in [3.63, 3.8) is 0 Å². The van der Waals surface area contributed by atoms with Crippen LogP contribution >= 0.6 is 11.3 Å². The molecular formula is C32H41F2N5O2S. The molecule has 0 bridgehead atoms. The van der Waals surface area contributed by atoms with E-state index in [-0.39, 0.29) is 18.9 Å². The molecule has 10 heteroatoms. The van der Waals surface area contributed by atoms with Gasteiger partial charge in [-0.15, -0.1) is 11.3 Å². The third-order valence-corrected chi connectivity index (χ3v) is 7.73. The lowest BCUT2D eigenvalue weighted by molar-refractivity contribution is -0.118. The van der Waals surface area contributed by atoms with E-state index in [0.29, 0.717) is 25.2 Å². The second kappa shape index (κ2) is 14.2. The van der Waals surface area contributed by atoms with Crippen molar-refractivity contribution in [2.24, 2.45) is 4.99 Å². The number of nitrogens with one attached hydrogen (secondary N) is 1. The third kappa shape index (κ3) is 9.34. The Morgan fingerprint density at radius 2 is 2.07 bits per heavy atom. The van der Waals surface area contributed by atoms with Crippen molar-refractivity contribution in [2.45, 2.75) is 72.5 Å². The van der Waals surface area contributed by atoms with Gasteiger partial charge in [-0.25, -0.2) is 13.8 Å². The number of piperidine rings is 1. The number of alkyl halides is 2. The second-order valence-electron chi connectivity index (χ2n) is 10.9. The van der Waals surface area contributed by atoms with Gasteiger partial charge in [0.2, 0.25) is 5.91 Å². The average Bonchev–Trinajstić information content (AvgIpc) is 3.28. The molecule has 4 rings (SSSR count). The van der Waals surface area contributed by atoms with Gasteiger partial charge < -0.3 is 10.4 Å². The summed E-state index contributed by atoms with van der Waals surface area (Å²) in [4.78, 5) is 25.5. The lowest BCUT2D eigenvalue weighted by Gasteiger charge is -2.32. The van der Waals surface area contributed by atoms with Gasteiger partial charge in [-0.1, -0.05) is 12.7 Å². The number of carbonyl (C=O) groups excluding carboxylic acids is 1. The number of amides is 1. The van der Waals surface area contributed by atoms with Gasteiger partial charge in [-0.3, -0.25) is 19.7 Å². The maximum Gasteiger partial charge on any atom is 0.260 e. The van der Waals surface area contributed by atoms with Crippen LogP contribution in [0, 0.1) is 6.92 Å². The number of aliphatic hydroxyl groups is 1. The van der Waals surface area contributed by atoms with E-state index >= 15 is 0 Å². The summed E-state index contributed by atoms with van der Waals surface area (Å²) in [7, 11) is 0. The molecule has 7 nitrogen and oxygen atoms in total. The molecule has 0 radical (unpaired) electrons. The molecule has 42 heavy (non-hydrogen) atoms. The SMILES string of the molecule is C=C(N=C/C(=C\C)c1cc(-c2cc(CN3CCCC(F)(F)C3)ccn2)c2sc(C)nc2c1)C(C)(C)O.CCNC(C)=O. The summed E-state index contributed by atoms with van der Waals surface area (Å²) in [5.41, 5.74) is 4.56. The van der Waals surface area contributed by atoms with Crippen LogP contribution in [0.25, 0.3) is 27.0 Å². The predicted octanol–water partition coefficient (Wildman–Crippen LogP) is 6.80. The van der Waals surface area contributed by atoms with Crippen molar-refractivity contribution < 1.29 is 18.7 Å². The van der Waals surface area contributed by atoms with Gasteiger partial charge in [0, 0.05) is 44.4 Å². The van der Waals surface area contributed by atoms with Gasteiger partial charge in [0.05, 0.1) is 33.2 Å². The lowest BCUT2D eigenvalue weighted by atomic mass is 10.00. The number of hydrogen-bond acceptors (Lipinski definition) is 7. The fraction of sp³-hybridized carbons (Fsp3) is 0.438. The number of carbonyl (C=O) groups is 1. The van der Waals surface area contributed by atoms with Crippen molar-refractivity contribution >= 4 is 39.2 Å². The Kier molecular flexibility index (Phi) is 11.2. The standard InChI is InChI=1S/C28H32F2N4OS.C4H9NO/c1-6-21(15-32-18(2)27(4,5)35)22-13-23(26-25(14-22)33-19(3)36-26)24-12-20(8-10-31-24)16-34-11-7-9-28(29,30)17-34;1-3-5-4(2)6/h6,8,10,12-15,35H,2,7,9,11,16-17H2,1,3-5H3;3H2,1-2H3,(H,5,6)/b21-6+,32-15?;. The van der Waals surface area contributed by atoms with Gasteiger partial charge in [0.15, 0.2) is 0 Å². The van der Waals surface area contributed by atoms with E-state index in [2.05, 4.69) is 27.9 Å². The molecule has 0 unspecified atom stereocenters. The van der Waals surface area contributed by atoms with Crippen LogP contribution in [0.3, 0.4) is 0 Å². The van der Waals surface area contributed by atoms with Crippen LogP contribution in [-0.2, 0) is 11.3 Å². The van der Waals surface area contributed by atoms with Crippen LogP contribution < -0.4 is 5.32 Å². The molecule has 0 saturated carbocycles. The number of pyridine rings is 1. The Morgan fingerprint density at radius 3 is 2.67 bits per heavy atom. The summed E-state index contributed by atoms with van der Waals surface area (Å²) < 4.78 is 28.9. The fourth-order valence-corrected chi connectivity index (χ4v) is 5.45. The molecule has 0 spiro atoms. The molecule has 1 aliphatic heterocycles. The lowest BCUT2D eigenvalue weighted by Crippen LogP contribution is -2.42. The van der Waals surface area contributed by atoms with E-state index in [1.807, 2.05) is 49.9 Å². The number of aliphatic imine (C=N–C) groups is 1. The number of fused-ring (bicyclic) bond motifs is 1. The molecule has 1 saturated heterocycles. The minimum Gasteiger partial charge on any atom is -0.384 e. The molecule has 0 atom stereocenters. The number of nitrogens with zero attached hydrogens (tertiary/aromatic N) is 4. The fourth-order valence-electron chi connectivity index (χ4n) is 4.53. The Hall–Kier alpha value is -3.34. The quantitative estimate of drug-likeness (QED) is 0.279. The van der Waals surface area contributed by atoms with E-state index in [1.54, 1.807) is 37.6 Å². The molecular weight excluding hydrogens is 556 g/mol. The van der Waals surface area contributed by atoms with Crippen LogP contribution in [0.1, 0.15) is 63.6 Å². The predicted molar refractivity (Wildman–Crippen MR) is 169 cm³/mol. The maximum atomic E-state index is 13.9. The van der Waals surface area contributed by atoms with Crippen molar-refractivity contribution in [2.75, 3.05) is 19.6 Å². The topological polar surface area (TPSA) is 90.7 Å². The highest BCUT2D eigenvalue weighted by molar-refractivity contribution is 7.19. The first-order valence-electron chi connectivity index (χ1n) is 14.1. The Bertz CT molecular complexity index is 1470. The number of likely N-dealkylation sites (tertiary alicyclic amines) is 1. The number of benzene rings is 1. The van der Waals surface area contributed by atoms with E-state index < -0.39 is 11.5 Å². The molecule has 3 aromatic rings. The van der Waals surface area contributed by atoms with Crippen LogP contribution in [0.15, 0.2) is 53.8 Å². The first-order valence-corrected chi connectivity index (χ1v) is 14.9. The van der Waals surface area contributed by atoms with E-state index in [1.165, 1.54) is 6.92 Å². The van der Waals surface area contributed by atoms with Crippen LogP contribution in [-0.4, -0.2) is 63.3 Å². The summed E-state index contributed by atoms with van der Waals surface area (Å²) in [5, 5.41) is 13.7. The van der Waals surface area contributed by atoms with Crippen molar-refractivity contribution in [1.82, 2.24) is 20.2 Å². The molecule has 2 aromatic heterocycles. The minimum absolute atomic E-state index is 0.0394. The number of rotatable bonds is 8. The average molecular weight is 598 g/mol. The number of hydrogen-bond donors (Lipinski definition) is 2. The highest BCUT2D eigenvalue weighted by Gasteiger charge is 2.35. The minimum atomic E-state index is -2.63. The summed E-state index contributed by atoms with van der Waals surface area (Å²) in [6.07, 6.45) is 5.85. The summed E-state index contributed by atoms with van der Waals surface area (Å²) >= 11 is 1.60. The van der Waals surface area contributed by atoms with Gasteiger partial charge in [-0.05, 0) is 88.5 Å². The Morgan fingerprint density at radius 1 is 1.33 bits per heavy atom. The Labute approximate surface area is 251 Å². The first-order chi connectivity index (χ1) is 19.7. The van der Waals surface area contributed by atoms with E-state index in [0.717, 1.165) is 49.7 Å². The zero-order valence-electron chi connectivity index (χ0n) is 25.3. The number of aryl methyl sites for hydroxylation is 1. The zero-order valence-corrected chi connectivity index (χ0v) is 26.1. The highest BCUT2D eigenvalue weighted by atomic mass is 32.1. The van der Waals surface area contributed by atoms with Crippen molar-refractivity contribution in [1.29, 1.82) is 0 Å². The van der Waals surface area contributed by atoms with E-state index in [4.69, 9.17) is 4.98 Å². The monoisotopic (exact) mass is 597 g/mol.